The summed E-state index contributed by atoms with van der Waals surface area (Å²) in [6.45, 7) is 6.42. The van der Waals surface area contributed by atoms with Gasteiger partial charge in [0.25, 0.3) is 0 Å². The highest BCUT2D eigenvalue weighted by Crippen LogP contribution is 2.36. The first kappa shape index (κ1) is 16.2. The number of hydrogen-bond donors (Lipinski definition) is 1. The van der Waals surface area contributed by atoms with Crippen molar-refractivity contribution in [1.82, 2.24) is 4.90 Å². The molecule has 0 heterocycles. The van der Waals surface area contributed by atoms with Crippen LogP contribution in [0.3, 0.4) is 0 Å². The normalized spacial score (nSPS) is 18.7. The summed E-state index contributed by atoms with van der Waals surface area (Å²) in [7, 11) is 4.12. The van der Waals surface area contributed by atoms with E-state index in [1.807, 2.05) is 6.07 Å². The summed E-state index contributed by atoms with van der Waals surface area (Å²) >= 11 is 0. The van der Waals surface area contributed by atoms with Crippen molar-refractivity contribution in [3.05, 3.63) is 24.3 Å². The van der Waals surface area contributed by atoms with Crippen LogP contribution in [-0.4, -0.2) is 38.2 Å². The van der Waals surface area contributed by atoms with Gasteiger partial charge in [0.2, 0.25) is 0 Å². The van der Waals surface area contributed by atoms with Crippen LogP contribution in [0.1, 0.15) is 39.5 Å². The second-order valence-electron chi connectivity index (χ2n) is 7.26. The predicted molar refractivity (Wildman–Crippen MR) is 90.2 cm³/mol. The molecule has 0 unspecified atom stereocenters. The number of ether oxygens (including phenoxy) is 1. The maximum Gasteiger partial charge on any atom is 0.121 e. The van der Waals surface area contributed by atoms with E-state index in [0.29, 0.717) is 11.5 Å². The maximum atomic E-state index is 5.80. The van der Waals surface area contributed by atoms with E-state index in [4.69, 9.17) is 4.74 Å². The van der Waals surface area contributed by atoms with Gasteiger partial charge in [-0.1, -0.05) is 19.9 Å². The quantitative estimate of drug-likeness (QED) is 0.857. The fourth-order valence-corrected chi connectivity index (χ4v) is 2.80. The zero-order valence-corrected chi connectivity index (χ0v) is 14.0. The second-order valence-corrected chi connectivity index (χ2v) is 7.26. The van der Waals surface area contributed by atoms with Gasteiger partial charge in [0, 0.05) is 24.3 Å². The zero-order valence-electron chi connectivity index (χ0n) is 14.0. The molecule has 1 saturated carbocycles. The molecule has 1 aromatic rings. The van der Waals surface area contributed by atoms with E-state index < -0.39 is 0 Å². The van der Waals surface area contributed by atoms with Gasteiger partial charge >= 0.3 is 0 Å². The summed E-state index contributed by atoms with van der Waals surface area (Å²) in [5.41, 5.74) is 1.71. The fraction of sp³-hybridized carbons (Fsp3) is 0.667. The minimum atomic E-state index is 0.523. The largest absolute Gasteiger partial charge is 0.492 e. The lowest BCUT2D eigenvalue weighted by Crippen LogP contribution is -2.29. The lowest BCUT2D eigenvalue weighted by molar-refractivity contribution is 0.232. The van der Waals surface area contributed by atoms with Gasteiger partial charge in [-0.05, 0) is 57.3 Å². The van der Waals surface area contributed by atoms with Crippen LogP contribution < -0.4 is 10.1 Å². The maximum absolute atomic E-state index is 5.80. The summed E-state index contributed by atoms with van der Waals surface area (Å²) < 4.78 is 5.80. The molecule has 1 aliphatic rings. The van der Waals surface area contributed by atoms with Crippen molar-refractivity contribution in [2.24, 2.45) is 5.41 Å². The predicted octanol–water partition coefficient (Wildman–Crippen LogP) is 4.01. The number of nitrogens with zero attached hydrogens (tertiary/aromatic N) is 1. The molecule has 0 aromatic heterocycles. The number of likely N-dealkylation sites (N-methyl/N-ethyl adjacent to an activating group) is 1. The topological polar surface area (TPSA) is 24.5 Å². The SMILES string of the molecule is CN(C)CCOc1cccc(NC2CCC(C)(C)CC2)c1. The van der Waals surface area contributed by atoms with Crippen LogP contribution in [0.5, 0.6) is 5.75 Å². The Morgan fingerprint density at radius 2 is 1.95 bits per heavy atom. The summed E-state index contributed by atoms with van der Waals surface area (Å²) in [6.07, 6.45) is 5.14. The van der Waals surface area contributed by atoms with Crippen molar-refractivity contribution in [2.45, 2.75) is 45.6 Å². The third kappa shape index (κ3) is 5.58. The molecule has 0 spiro atoms. The smallest absolute Gasteiger partial charge is 0.121 e. The molecular formula is C18H30N2O. The summed E-state index contributed by atoms with van der Waals surface area (Å²) in [4.78, 5) is 2.13. The molecule has 0 aliphatic heterocycles. The first-order chi connectivity index (χ1) is 9.94. The number of anilines is 1. The minimum Gasteiger partial charge on any atom is -0.492 e. The first-order valence-electron chi connectivity index (χ1n) is 8.09. The van der Waals surface area contributed by atoms with Gasteiger partial charge in [-0.25, -0.2) is 0 Å². The lowest BCUT2D eigenvalue weighted by atomic mass is 9.75. The van der Waals surface area contributed by atoms with Crippen molar-refractivity contribution < 1.29 is 4.74 Å². The second kappa shape index (κ2) is 7.17. The van der Waals surface area contributed by atoms with Gasteiger partial charge < -0.3 is 15.0 Å². The number of benzene rings is 1. The molecule has 1 aliphatic carbocycles. The van der Waals surface area contributed by atoms with Gasteiger partial charge in [-0.3, -0.25) is 0 Å². The summed E-state index contributed by atoms with van der Waals surface area (Å²) in [5.74, 6) is 0.956. The molecule has 0 saturated heterocycles. The van der Waals surface area contributed by atoms with E-state index in [1.165, 1.54) is 31.4 Å². The Balaban J connectivity index is 1.83. The molecule has 0 radical (unpaired) electrons. The van der Waals surface area contributed by atoms with Gasteiger partial charge in [0.15, 0.2) is 0 Å². The van der Waals surface area contributed by atoms with Gasteiger partial charge in [-0.15, -0.1) is 0 Å². The van der Waals surface area contributed by atoms with Gasteiger partial charge in [0.05, 0.1) is 0 Å². The highest BCUT2D eigenvalue weighted by atomic mass is 16.5. The number of hydrogen-bond acceptors (Lipinski definition) is 3. The standard InChI is InChI=1S/C18H30N2O/c1-18(2)10-8-15(9-11-18)19-16-6-5-7-17(14-16)21-13-12-20(3)4/h5-7,14-15,19H,8-13H2,1-4H3. The molecule has 3 nitrogen and oxygen atoms in total. The Kier molecular flexibility index (Phi) is 5.51. The molecule has 118 valence electrons. The lowest BCUT2D eigenvalue weighted by Gasteiger charge is -2.35. The summed E-state index contributed by atoms with van der Waals surface area (Å²) in [5, 5.41) is 3.67. The van der Waals surface area contributed by atoms with Crippen molar-refractivity contribution in [3.63, 3.8) is 0 Å². The van der Waals surface area contributed by atoms with Crippen molar-refractivity contribution >= 4 is 5.69 Å². The molecule has 3 heteroatoms. The van der Waals surface area contributed by atoms with Crippen LogP contribution in [0, 0.1) is 5.41 Å². The highest BCUT2D eigenvalue weighted by molar-refractivity contribution is 5.48. The third-order valence-electron chi connectivity index (χ3n) is 4.35. The van der Waals surface area contributed by atoms with Crippen LogP contribution in [0.25, 0.3) is 0 Å². The van der Waals surface area contributed by atoms with Crippen molar-refractivity contribution in [3.8, 4) is 5.75 Å². The fourth-order valence-electron chi connectivity index (χ4n) is 2.80. The molecule has 1 N–H and O–H groups in total. The van der Waals surface area contributed by atoms with Crippen molar-refractivity contribution in [2.75, 3.05) is 32.6 Å². The molecule has 1 aromatic carbocycles. The van der Waals surface area contributed by atoms with Gasteiger partial charge in [-0.2, -0.15) is 0 Å². The van der Waals surface area contributed by atoms with Crippen LogP contribution in [0.4, 0.5) is 5.69 Å². The van der Waals surface area contributed by atoms with E-state index in [-0.39, 0.29) is 0 Å². The number of nitrogens with one attached hydrogen (secondary N) is 1. The monoisotopic (exact) mass is 290 g/mol. The molecule has 0 amide bonds. The average molecular weight is 290 g/mol. The zero-order chi connectivity index (χ0) is 15.3. The average Bonchev–Trinajstić information content (AvgIpc) is 2.41. The van der Waals surface area contributed by atoms with Crippen LogP contribution in [0.2, 0.25) is 0 Å². The van der Waals surface area contributed by atoms with Crippen LogP contribution in [0.15, 0.2) is 24.3 Å². The summed E-state index contributed by atoms with van der Waals surface area (Å²) in [6, 6.07) is 8.97. The Labute approximate surface area is 129 Å². The number of rotatable bonds is 6. The van der Waals surface area contributed by atoms with Crippen molar-refractivity contribution in [1.29, 1.82) is 0 Å². The Morgan fingerprint density at radius 1 is 1.24 bits per heavy atom. The van der Waals surface area contributed by atoms with E-state index in [9.17, 15) is 0 Å². The Morgan fingerprint density at radius 3 is 2.62 bits per heavy atom. The molecule has 0 atom stereocenters. The first-order valence-corrected chi connectivity index (χ1v) is 8.09. The highest BCUT2D eigenvalue weighted by Gasteiger charge is 2.26. The Hall–Kier alpha value is -1.22. The van der Waals surface area contributed by atoms with Crippen LogP contribution in [-0.2, 0) is 0 Å². The van der Waals surface area contributed by atoms with E-state index >= 15 is 0 Å². The van der Waals surface area contributed by atoms with E-state index in [2.05, 4.69) is 56.4 Å². The minimum absolute atomic E-state index is 0.523. The third-order valence-corrected chi connectivity index (χ3v) is 4.35. The molecular weight excluding hydrogens is 260 g/mol. The Bertz CT molecular complexity index is 433. The molecule has 2 rings (SSSR count). The van der Waals surface area contributed by atoms with E-state index in [0.717, 1.165) is 18.9 Å². The van der Waals surface area contributed by atoms with E-state index in [1.54, 1.807) is 0 Å². The molecule has 21 heavy (non-hydrogen) atoms. The van der Waals surface area contributed by atoms with Crippen LogP contribution >= 0.6 is 0 Å². The molecule has 1 fully saturated rings. The molecule has 0 bridgehead atoms. The van der Waals surface area contributed by atoms with Gasteiger partial charge in [0.1, 0.15) is 12.4 Å².